The highest BCUT2D eigenvalue weighted by atomic mass is 16.2. The topological polar surface area (TPSA) is 122 Å². The molecule has 7 heteroatoms. The van der Waals surface area contributed by atoms with Crippen molar-refractivity contribution in [2.24, 2.45) is 11.5 Å². The van der Waals surface area contributed by atoms with Gasteiger partial charge in [-0.25, -0.2) is 4.79 Å². The van der Waals surface area contributed by atoms with Gasteiger partial charge in [0.2, 0.25) is 5.91 Å². The Morgan fingerprint density at radius 3 is 2.43 bits per heavy atom. The Balaban J connectivity index is 2.44. The molecular weight excluding hydrogens is 270 g/mol. The molecule has 0 saturated heterocycles. The lowest BCUT2D eigenvalue weighted by Gasteiger charge is -2.16. The van der Waals surface area contributed by atoms with Gasteiger partial charge in [-0.15, -0.1) is 0 Å². The average molecular weight is 293 g/mol. The van der Waals surface area contributed by atoms with Gasteiger partial charge in [-0.3, -0.25) is 4.79 Å². The smallest absolute Gasteiger partial charge is 0.312 e. The van der Waals surface area contributed by atoms with Crippen molar-refractivity contribution >= 4 is 17.6 Å². The van der Waals surface area contributed by atoms with Crippen LogP contribution in [0.3, 0.4) is 0 Å². The number of anilines is 1. The molecule has 0 aliphatic rings. The van der Waals surface area contributed by atoms with E-state index in [1.54, 1.807) is 7.05 Å². The Morgan fingerprint density at radius 1 is 1.24 bits per heavy atom. The van der Waals surface area contributed by atoms with E-state index in [1.807, 2.05) is 24.3 Å². The zero-order valence-corrected chi connectivity index (χ0v) is 12.2. The molecule has 1 atom stereocenters. The second-order valence-electron chi connectivity index (χ2n) is 4.66. The number of nitrogens with two attached hydrogens (primary N) is 2. The number of carbonyl (C=O) groups excluding carboxylic acids is 2. The van der Waals surface area contributed by atoms with Crippen molar-refractivity contribution in [2.45, 2.75) is 25.4 Å². The summed E-state index contributed by atoms with van der Waals surface area (Å²) in [7, 11) is 1.73. The van der Waals surface area contributed by atoms with Crippen molar-refractivity contribution in [1.29, 1.82) is 0 Å². The largest absolute Gasteiger partial charge is 0.352 e. The maximum atomic E-state index is 12.1. The number of rotatable bonds is 8. The number of carbonyl (C=O) groups is 2. The Morgan fingerprint density at radius 2 is 1.90 bits per heavy atom. The van der Waals surface area contributed by atoms with Gasteiger partial charge in [0.25, 0.3) is 0 Å². The zero-order valence-electron chi connectivity index (χ0n) is 12.2. The predicted octanol–water partition coefficient (Wildman–Crippen LogP) is 0.120. The second-order valence-corrected chi connectivity index (χ2v) is 4.66. The number of hydrogen-bond donors (Lipinski definition) is 5. The Hall–Kier alpha value is -2.12. The van der Waals surface area contributed by atoms with E-state index in [9.17, 15) is 9.59 Å². The van der Waals surface area contributed by atoms with Crippen LogP contribution in [0.2, 0.25) is 0 Å². The van der Waals surface area contributed by atoms with Crippen molar-refractivity contribution in [1.82, 2.24) is 10.6 Å². The van der Waals surface area contributed by atoms with Crippen LogP contribution in [0.25, 0.3) is 0 Å². The van der Waals surface area contributed by atoms with Gasteiger partial charge < -0.3 is 27.4 Å². The van der Waals surface area contributed by atoms with Gasteiger partial charge in [-0.2, -0.15) is 0 Å². The number of amides is 3. The van der Waals surface area contributed by atoms with Crippen LogP contribution in [0.15, 0.2) is 24.3 Å². The molecule has 116 valence electrons. The highest BCUT2D eigenvalue weighted by Crippen LogP contribution is 2.10. The van der Waals surface area contributed by atoms with Gasteiger partial charge in [0.05, 0.1) is 6.04 Å². The number of primary amides is 1. The number of urea groups is 1. The van der Waals surface area contributed by atoms with Crippen molar-refractivity contribution in [3.63, 3.8) is 0 Å². The van der Waals surface area contributed by atoms with Crippen LogP contribution in [0.4, 0.5) is 10.5 Å². The van der Waals surface area contributed by atoms with Gasteiger partial charge in [0.15, 0.2) is 0 Å². The van der Waals surface area contributed by atoms with Gasteiger partial charge in [-0.1, -0.05) is 12.1 Å². The van der Waals surface area contributed by atoms with E-state index in [4.69, 9.17) is 11.5 Å². The van der Waals surface area contributed by atoms with Gasteiger partial charge >= 0.3 is 6.03 Å². The van der Waals surface area contributed by atoms with E-state index < -0.39 is 6.03 Å². The summed E-state index contributed by atoms with van der Waals surface area (Å²) in [6.45, 7) is 0.923. The molecule has 0 saturated carbocycles. The summed E-state index contributed by atoms with van der Waals surface area (Å²) in [5.74, 6) is -0.114. The van der Waals surface area contributed by atoms with Crippen LogP contribution >= 0.6 is 0 Å². The minimum absolute atomic E-state index is 0.114. The molecule has 0 aromatic heterocycles. The fourth-order valence-corrected chi connectivity index (χ4v) is 1.88. The Kier molecular flexibility index (Phi) is 7.20. The van der Waals surface area contributed by atoms with Gasteiger partial charge in [-0.05, 0) is 37.6 Å². The van der Waals surface area contributed by atoms with E-state index in [1.165, 1.54) is 0 Å². The molecule has 0 aliphatic carbocycles. The molecule has 0 aliphatic heterocycles. The molecule has 0 spiro atoms. The third-order valence-electron chi connectivity index (χ3n) is 3.09. The summed E-state index contributed by atoms with van der Waals surface area (Å²) < 4.78 is 0. The standard InChI is InChI=1S/C14H23N5O2/c1-17-12(3-2-8-18-14(16)21)13(20)19-11-6-4-10(9-15)5-7-11/h4-7,12,17H,2-3,8-9,15H2,1H3,(H,19,20)(H3,16,18,21)/t12-/m0/s1. The van der Waals surface area contributed by atoms with Crippen molar-refractivity contribution < 1.29 is 9.59 Å². The van der Waals surface area contributed by atoms with Gasteiger partial charge in [0, 0.05) is 18.8 Å². The number of hydrogen-bond acceptors (Lipinski definition) is 4. The maximum absolute atomic E-state index is 12.1. The molecule has 21 heavy (non-hydrogen) atoms. The third kappa shape index (κ3) is 6.24. The lowest BCUT2D eigenvalue weighted by Crippen LogP contribution is -2.39. The monoisotopic (exact) mass is 293 g/mol. The molecule has 7 N–H and O–H groups in total. The summed E-state index contributed by atoms with van der Waals surface area (Å²) in [4.78, 5) is 22.7. The minimum atomic E-state index is -0.555. The molecule has 0 unspecified atom stereocenters. The average Bonchev–Trinajstić information content (AvgIpc) is 2.47. The second kappa shape index (κ2) is 8.93. The lowest BCUT2D eigenvalue weighted by molar-refractivity contribution is -0.118. The van der Waals surface area contributed by atoms with Crippen LogP contribution in [-0.4, -0.2) is 31.6 Å². The molecule has 0 radical (unpaired) electrons. The van der Waals surface area contributed by atoms with E-state index in [2.05, 4.69) is 16.0 Å². The van der Waals surface area contributed by atoms with E-state index in [-0.39, 0.29) is 11.9 Å². The predicted molar refractivity (Wildman–Crippen MR) is 82.6 cm³/mol. The summed E-state index contributed by atoms with van der Waals surface area (Å²) in [6.07, 6.45) is 1.26. The van der Waals surface area contributed by atoms with Crippen molar-refractivity contribution in [3.8, 4) is 0 Å². The Labute approximate surface area is 124 Å². The SMILES string of the molecule is CN[C@@H](CCCNC(N)=O)C(=O)Nc1ccc(CN)cc1. The van der Waals surface area contributed by atoms with Crippen LogP contribution in [0.1, 0.15) is 18.4 Å². The highest BCUT2D eigenvalue weighted by Gasteiger charge is 2.15. The Bertz CT molecular complexity index is 461. The quantitative estimate of drug-likeness (QED) is 0.437. The first kappa shape index (κ1) is 16.9. The van der Waals surface area contributed by atoms with Crippen molar-refractivity contribution in [3.05, 3.63) is 29.8 Å². The summed E-state index contributed by atoms with van der Waals surface area (Å²) in [5, 5.41) is 8.29. The fraction of sp³-hybridized carbons (Fsp3) is 0.429. The van der Waals surface area contributed by atoms with E-state index in [0.29, 0.717) is 25.9 Å². The van der Waals surface area contributed by atoms with E-state index in [0.717, 1.165) is 11.3 Å². The fourth-order valence-electron chi connectivity index (χ4n) is 1.88. The molecule has 3 amide bonds. The van der Waals surface area contributed by atoms with Crippen LogP contribution in [-0.2, 0) is 11.3 Å². The normalized spacial score (nSPS) is 11.7. The molecule has 1 aromatic rings. The minimum Gasteiger partial charge on any atom is -0.352 e. The van der Waals surface area contributed by atoms with Crippen molar-refractivity contribution in [2.75, 3.05) is 18.9 Å². The molecule has 0 bridgehead atoms. The number of likely N-dealkylation sites (N-methyl/N-ethyl adjacent to an activating group) is 1. The maximum Gasteiger partial charge on any atom is 0.312 e. The molecule has 7 nitrogen and oxygen atoms in total. The number of benzene rings is 1. The first-order chi connectivity index (χ1) is 10.1. The molecular formula is C14H23N5O2. The zero-order chi connectivity index (χ0) is 15.7. The van der Waals surface area contributed by atoms with Crippen LogP contribution in [0, 0.1) is 0 Å². The molecule has 1 aromatic carbocycles. The van der Waals surface area contributed by atoms with Gasteiger partial charge in [0.1, 0.15) is 0 Å². The summed E-state index contributed by atoms with van der Waals surface area (Å²) in [6, 6.07) is 6.51. The first-order valence-corrected chi connectivity index (χ1v) is 6.87. The first-order valence-electron chi connectivity index (χ1n) is 6.87. The molecule has 0 fully saturated rings. The summed E-state index contributed by atoms with van der Waals surface area (Å²) >= 11 is 0. The highest BCUT2D eigenvalue weighted by molar-refractivity contribution is 5.94. The molecule has 1 rings (SSSR count). The molecule has 0 heterocycles. The van der Waals surface area contributed by atoms with Crippen LogP contribution < -0.4 is 27.4 Å². The number of nitrogens with one attached hydrogen (secondary N) is 3. The van der Waals surface area contributed by atoms with Crippen LogP contribution in [0.5, 0.6) is 0 Å². The third-order valence-corrected chi connectivity index (χ3v) is 3.09. The lowest BCUT2D eigenvalue weighted by atomic mass is 10.1. The summed E-state index contributed by atoms with van der Waals surface area (Å²) in [5.41, 5.74) is 12.2. The van der Waals surface area contributed by atoms with E-state index >= 15 is 0 Å².